The number of carbonyl (C=O) groups is 1. The number of ether oxygens (including phenoxy) is 1. The minimum atomic E-state index is 0.351. The largest absolute Gasteiger partial charge is 0.456 e. The van der Waals surface area contributed by atoms with E-state index >= 15 is 0 Å². The first-order chi connectivity index (χ1) is 9.63. The number of hydrogen-bond donors (Lipinski definition) is 0. The number of aldehydes is 1. The topological polar surface area (TPSA) is 50.1 Å². The lowest BCUT2D eigenvalue weighted by atomic mass is 10.0. The number of nitriles is 1. The van der Waals surface area contributed by atoms with Crippen molar-refractivity contribution in [2.45, 2.75) is 19.8 Å². The highest BCUT2D eigenvalue weighted by Gasteiger charge is 2.07. The van der Waals surface area contributed by atoms with Crippen molar-refractivity contribution in [1.82, 2.24) is 0 Å². The van der Waals surface area contributed by atoms with Crippen molar-refractivity contribution < 1.29 is 9.53 Å². The van der Waals surface area contributed by atoms with Gasteiger partial charge in [0, 0.05) is 5.56 Å². The second-order valence-corrected chi connectivity index (χ2v) is 4.81. The summed E-state index contributed by atoms with van der Waals surface area (Å²) in [6.45, 7) is 4.22. The minimum Gasteiger partial charge on any atom is -0.456 e. The monoisotopic (exact) mass is 265 g/mol. The molecule has 0 amide bonds. The lowest BCUT2D eigenvalue weighted by Gasteiger charge is -2.10. The summed E-state index contributed by atoms with van der Waals surface area (Å²) in [5.74, 6) is 1.55. The second-order valence-electron chi connectivity index (χ2n) is 4.81. The van der Waals surface area contributed by atoms with Gasteiger partial charge < -0.3 is 4.74 Å². The highest BCUT2D eigenvalue weighted by Crippen LogP contribution is 2.28. The lowest BCUT2D eigenvalue weighted by molar-refractivity contribution is 0.112. The van der Waals surface area contributed by atoms with Gasteiger partial charge in [-0.3, -0.25) is 4.79 Å². The van der Waals surface area contributed by atoms with E-state index in [1.807, 2.05) is 30.3 Å². The van der Waals surface area contributed by atoms with E-state index in [0.29, 0.717) is 34.8 Å². The summed E-state index contributed by atoms with van der Waals surface area (Å²) < 4.78 is 5.75. The zero-order valence-electron chi connectivity index (χ0n) is 11.5. The van der Waals surface area contributed by atoms with Crippen LogP contribution >= 0.6 is 0 Å². The van der Waals surface area contributed by atoms with Crippen molar-refractivity contribution in [3.05, 3.63) is 59.2 Å². The van der Waals surface area contributed by atoms with Crippen LogP contribution in [0, 0.1) is 11.3 Å². The van der Waals surface area contributed by atoms with E-state index in [9.17, 15) is 4.79 Å². The molecule has 0 spiro atoms. The van der Waals surface area contributed by atoms with E-state index < -0.39 is 0 Å². The summed E-state index contributed by atoms with van der Waals surface area (Å²) in [6, 6.07) is 14.6. The minimum absolute atomic E-state index is 0.351. The summed E-state index contributed by atoms with van der Waals surface area (Å²) in [7, 11) is 0. The molecule has 2 rings (SSSR count). The third-order valence-electron chi connectivity index (χ3n) is 3.01. The molecule has 0 atom stereocenters. The van der Waals surface area contributed by atoms with Gasteiger partial charge in [0.05, 0.1) is 5.56 Å². The molecule has 0 aromatic heterocycles. The Morgan fingerprint density at radius 1 is 1.20 bits per heavy atom. The summed E-state index contributed by atoms with van der Waals surface area (Å²) in [5, 5.41) is 9.11. The smallest absolute Gasteiger partial charge is 0.150 e. The van der Waals surface area contributed by atoms with E-state index in [1.165, 1.54) is 11.6 Å². The van der Waals surface area contributed by atoms with Crippen molar-refractivity contribution in [3.8, 4) is 17.6 Å². The Bertz CT molecular complexity index is 669. The maximum atomic E-state index is 10.7. The second kappa shape index (κ2) is 6.03. The van der Waals surface area contributed by atoms with E-state index in [1.54, 1.807) is 12.1 Å². The van der Waals surface area contributed by atoms with Crippen LogP contribution in [0.1, 0.15) is 41.3 Å². The summed E-state index contributed by atoms with van der Waals surface area (Å²) in [5.41, 5.74) is 1.99. The molecule has 2 aromatic carbocycles. The first-order valence-electron chi connectivity index (χ1n) is 6.41. The van der Waals surface area contributed by atoms with Gasteiger partial charge in [0.25, 0.3) is 0 Å². The lowest BCUT2D eigenvalue weighted by Crippen LogP contribution is -1.92. The van der Waals surface area contributed by atoms with E-state index in [2.05, 4.69) is 13.8 Å². The third-order valence-corrected chi connectivity index (χ3v) is 3.01. The highest BCUT2D eigenvalue weighted by molar-refractivity contribution is 5.76. The Labute approximate surface area is 118 Å². The van der Waals surface area contributed by atoms with Crippen molar-refractivity contribution in [2.75, 3.05) is 0 Å². The Kier molecular flexibility index (Phi) is 4.17. The van der Waals surface area contributed by atoms with Crippen LogP contribution in [0.25, 0.3) is 0 Å². The number of rotatable bonds is 4. The van der Waals surface area contributed by atoms with Crippen LogP contribution in [-0.2, 0) is 0 Å². The molecule has 0 aliphatic rings. The molecule has 0 N–H and O–H groups in total. The standard InChI is InChI=1S/C17H15NO2/c1-12(2)14-4-3-5-16(9-14)20-17-7-6-13(11-19)8-15(17)10-18/h3-9,11-12H,1-2H3. The predicted octanol–water partition coefficient (Wildman–Crippen LogP) is 4.29. The molecular weight excluding hydrogens is 250 g/mol. The SMILES string of the molecule is CC(C)c1cccc(Oc2ccc(C=O)cc2C#N)c1. The molecular formula is C17H15NO2. The van der Waals surface area contributed by atoms with Gasteiger partial charge in [-0.2, -0.15) is 5.26 Å². The maximum absolute atomic E-state index is 10.7. The third kappa shape index (κ3) is 3.04. The van der Waals surface area contributed by atoms with Gasteiger partial charge in [0.15, 0.2) is 0 Å². The highest BCUT2D eigenvalue weighted by atomic mass is 16.5. The molecule has 20 heavy (non-hydrogen) atoms. The Morgan fingerprint density at radius 3 is 2.65 bits per heavy atom. The molecule has 0 aliphatic carbocycles. The average molecular weight is 265 g/mol. The first-order valence-corrected chi connectivity index (χ1v) is 6.41. The van der Waals surface area contributed by atoms with Gasteiger partial charge >= 0.3 is 0 Å². The quantitative estimate of drug-likeness (QED) is 0.775. The van der Waals surface area contributed by atoms with E-state index in [0.717, 1.165) is 0 Å². The Balaban J connectivity index is 2.33. The Hall–Kier alpha value is -2.60. The number of hydrogen-bond acceptors (Lipinski definition) is 3. The molecule has 0 saturated carbocycles. The van der Waals surface area contributed by atoms with Gasteiger partial charge in [-0.1, -0.05) is 26.0 Å². The van der Waals surface area contributed by atoms with E-state index in [4.69, 9.17) is 10.00 Å². The van der Waals surface area contributed by atoms with Crippen LogP contribution < -0.4 is 4.74 Å². The zero-order chi connectivity index (χ0) is 14.5. The maximum Gasteiger partial charge on any atom is 0.150 e. The molecule has 3 nitrogen and oxygen atoms in total. The summed E-state index contributed by atoms with van der Waals surface area (Å²) >= 11 is 0. The summed E-state index contributed by atoms with van der Waals surface area (Å²) in [4.78, 5) is 10.7. The number of nitrogens with zero attached hydrogens (tertiary/aromatic N) is 1. The van der Waals surface area contributed by atoms with Crippen molar-refractivity contribution in [2.24, 2.45) is 0 Å². The van der Waals surface area contributed by atoms with Crippen LogP contribution in [0.3, 0.4) is 0 Å². The molecule has 0 heterocycles. The molecule has 0 fully saturated rings. The van der Waals surface area contributed by atoms with Crippen molar-refractivity contribution in [1.29, 1.82) is 5.26 Å². The van der Waals surface area contributed by atoms with Crippen molar-refractivity contribution >= 4 is 6.29 Å². The fourth-order valence-corrected chi connectivity index (χ4v) is 1.86. The molecule has 0 bridgehead atoms. The van der Waals surface area contributed by atoms with Gasteiger partial charge in [0.2, 0.25) is 0 Å². The zero-order valence-corrected chi connectivity index (χ0v) is 11.5. The van der Waals surface area contributed by atoms with Crippen LogP contribution in [-0.4, -0.2) is 6.29 Å². The molecule has 3 heteroatoms. The average Bonchev–Trinajstić information content (AvgIpc) is 2.48. The first kappa shape index (κ1) is 13.8. The van der Waals surface area contributed by atoms with Gasteiger partial charge in [0.1, 0.15) is 23.9 Å². The fourth-order valence-electron chi connectivity index (χ4n) is 1.86. The molecule has 0 unspecified atom stereocenters. The van der Waals surface area contributed by atoms with Crippen LogP contribution in [0.15, 0.2) is 42.5 Å². The molecule has 0 saturated heterocycles. The number of benzene rings is 2. The van der Waals surface area contributed by atoms with Crippen molar-refractivity contribution in [3.63, 3.8) is 0 Å². The molecule has 2 aromatic rings. The van der Waals surface area contributed by atoms with E-state index in [-0.39, 0.29) is 0 Å². The number of carbonyl (C=O) groups excluding carboxylic acids is 1. The fraction of sp³-hybridized carbons (Fsp3) is 0.176. The Morgan fingerprint density at radius 2 is 2.00 bits per heavy atom. The van der Waals surface area contributed by atoms with Crippen LogP contribution in [0.5, 0.6) is 11.5 Å². The normalized spacial score (nSPS) is 10.1. The summed E-state index contributed by atoms with van der Waals surface area (Å²) in [6.07, 6.45) is 0.712. The predicted molar refractivity (Wildman–Crippen MR) is 77.1 cm³/mol. The van der Waals surface area contributed by atoms with Gasteiger partial charge in [-0.05, 0) is 41.8 Å². The van der Waals surface area contributed by atoms with Crippen LogP contribution in [0.4, 0.5) is 0 Å². The molecule has 0 radical (unpaired) electrons. The van der Waals surface area contributed by atoms with Gasteiger partial charge in [-0.15, -0.1) is 0 Å². The molecule has 100 valence electrons. The molecule has 0 aliphatic heterocycles. The van der Waals surface area contributed by atoms with Crippen LogP contribution in [0.2, 0.25) is 0 Å². The van der Waals surface area contributed by atoms with Gasteiger partial charge in [-0.25, -0.2) is 0 Å².